The molecule has 0 atom stereocenters. The highest BCUT2D eigenvalue weighted by molar-refractivity contribution is 6.03. The van der Waals surface area contributed by atoms with Crippen molar-refractivity contribution in [1.29, 1.82) is 0 Å². The molecule has 0 aliphatic carbocycles. The number of carbonyl (C=O) groups is 1. The van der Waals surface area contributed by atoms with Gasteiger partial charge in [0.1, 0.15) is 11.6 Å². The first-order valence-corrected chi connectivity index (χ1v) is 10.9. The molecule has 9 nitrogen and oxygen atoms in total. The Morgan fingerprint density at radius 1 is 1.03 bits per heavy atom. The maximum Gasteiger partial charge on any atom is 0.276 e. The number of aromatic nitrogens is 5. The minimum atomic E-state index is -0.386. The van der Waals surface area contributed by atoms with Crippen molar-refractivity contribution in [1.82, 2.24) is 24.4 Å². The van der Waals surface area contributed by atoms with Gasteiger partial charge in [0, 0.05) is 55.8 Å². The van der Waals surface area contributed by atoms with Gasteiger partial charge in [-0.05, 0) is 23.3 Å². The van der Waals surface area contributed by atoms with Gasteiger partial charge >= 0.3 is 0 Å². The maximum atomic E-state index is 12.9. The number of hydrogen-bond donors (Lipinski definition) is 2. The number of amides is 1. The number of phenolic OH excluding ortho intramolecular Hbond substituents is 1. The van der Waals surface area contributed by atoms with Crippen molar-refractivity contribution < 1.29 is 9.90 Å². The Labute approximate surface area is 194 Å². The van der Waals surface area contributed by atoms with E-state index in [0.29, 0.717) is 11.3 Å². The van der Waals surface area contributed by atoms with Gasteiger partial charge in [0.25, 0.3) is 5.91 Å². The summed E-state index contributed by atoms with van der Waals surface area (Å²) in [6, 6.07) is 18.4. The number of phenols is 1. The van der Waals surface area contributed by atoms with Crippen LogP contribution in [-0.4, -0.2) is 35.4 Å². The van der Waals surface area contributed by atoms with E-state index in [0.717, 1.165) is 30.2 Å². The Kier molecular flexibility index (Phi) is 4.54. The number of hydrogen-bond acceptors (Lipinski definition) is 6. The van der Waals surface area contributed by atoms with Crippen LogP contribution in [0.15, 0.2) is 73.1 Å². The average molecular weight is 451 g/mol. The monoisotopic (exact) mass is 451 g/mol. The van der Waals surface area contributed by atoms with E-state index in [1.54, 1.807) is 39.7 Å². The number of benzene rings is 2. The minimum Gasteiger partial charge on any atom is -0.508 e. The van der Waals surface area contributed by atoms with Gasteiger partial charge in [-0.3, -0.25) is 9.48 Å². The number of nitrogens with one attached hydrogen (secondary N) is 1. The predicted molar refractivity (Wildman–Crippen MR) is 128 cm³/mol. The van der Waals surface area contributed by atoms with Crippen LogP contribution in [0.4, 0.5) is 11.5 Å². The molecule has 0 unspecified atom stereocenters. The summed E-state index contributed by atoms with van der Waals surface area (Å²) >= 11 is 0. The zero-order valence-electron chi connectivity index (χ0n) is 18.4. The first-order valence-electron chi connectivity index (χ1n) is 10.9. The van der Waals surface area contributed by atoms with Crippen molar-refractivity contribution >= 4 is 23.1 Å². The van der Waals surface area contributed by atoms with Gasteiger partial charge in [-0.15, -0.1) is 0 Å². The summed E-state index contributed by atoms with van der Waals surface area (Å²) < 4.78 is 3.40. The van der Waals surface area contributed by atoms with Crippen LogP contribution in [0, 0.1) is 0 Å². The molecule has 6 rings (SSSR count). The molecular formula is C25H21N7O2. The molecule has 0 saturated heterocycles. The van der Waals surface area contributed by atoms with Crippen LogP contribution < -0.4 is 10.2 Å². The Balaban J connectivity index is 1.41. The molecule has 168 valence electrons. The largest absolute Gasteiger partial charge is 0.508 e. The molecule has 0 fully saturated rings. The highest BCUT2D eigenvalue weighted by Crippen LogP contribution is 2.31. The first-order chi connectivity index (χ1) is 16.5. The lowest BCUT2D eigenvalue weighted by atomic mass is 10.1. The molecule has 4 heterocycles. The van der Waals surface area contributed by atoms with Crippen molar-refractivity contribution in [2.75, 3.05) is 10.2 Å². The van der Waals surface area contributed by atoms with E-state index in [1.165, 1.54) is 17.2 Å². The number of carbonyl (C=O) groups excluding carboxylic acids is 1. The summed E-state index contributed by atoms with van der Waals surface area (Å²) in [6.45, 7) is 1.54. The fraction of sp³-hybridized carbons (Fsp3) is 0.120. The molecule has 2 aromatic carbocycles. The third-order valence-electron chi connectivity index (χ3n) is 5.92. The molecule has 5 aromatic rings. The van der Waals surface area contributed by atoms with Crippen molar-refractivity contribution in [2.24, 2.45) is 7.05 Å². The molecule has 0 spiro atoms. The topological polar surface area (TPSA) is 101 Å². The fourth-order valence-electron chi connectivity index (χ4n) is 4.27. The molecule has 0 bridgehead atoms. The Morgan fingerprint density at radius 3 is 2.53 bits per heavy atom. The standard InChI is InChI=1S/C25H21N7O2/c1-30-13-18(12-26-30)22-11-23(31-14-16-5-2-3-6-17(16)15-31)28-24-10-21(29-32(22)24)25(34)27-19-7-4-8-20(33)9-19/h2-13,33H,14-15H2,1H3,(H,27,34). The summed E-state index contributed by atoms with van der Waals surface area (Å²) in [6.07, 6.45) is 3.68. The van der Waals surface area contributed by atoms with Crippen LogP contribution in [-0.2, 0) is 20.1 Å². The van der Waals surface area contributed by atoms with Crippen molar-refractivity contribution in [3.05, 3.63) is 89.9 Å². The Bertz CT molecular complexity index is 1530. The summed E-state index contributed by atoms with van der Waals surface area (Å²) in [4.78, 5) is 20.0. The van der Waals surface area contributed by atoms with Crippen LogP contribution in [0.5, 0.6) is 5.75 Å². The summed E-state index contributed by atoms with van der Waals surface area (Å²) in [5, 5.41) is 21.3. The number of rotatable bonds is 4. The van der Waals surface area contributed by atoms with Gasteiger partial charge in [0.05, 0.1) is 11.9 Å². The highest BCUT2D eigenvalue weighted by atomic mass is 16.3. The lowest BCUT2D eigenvalue weighted by molar-refractivity contribution is 0.102. The lowest BCUT2D eigenvalue weighted by Crippen LogP contribution is -2.17. The molecule has 1 aliphatic rings. The van der Waals surface area contributed by atoms with Crippen LogP contribution in [0.2, 0.25) is 0 Å². The summed E-state index contributed by atoms with van der Waals surface area (Å²) in [5.41, 5.74) is 5.50. The molecular weight excluding hydrogens is 430 g/mol. The first kappa shape index (κ1) is 20.0. The van der Waals surface area contributed by atoms with Gasteiger partial charge in [0.15, 0.2) is 11.3 Å². The quantitative estimate of drug-likeness (QED) is 0.433. The van der Waals surface area contributed by atoms with Gasteiger partial charge in [0.2, 0.25) is 0 Å². The van der Waals surface area contributed by atoms with Gasteiger partial charge < -0.3 is 15.3 Å². The zero-order valence-corrected chi connectivity index (χ0v) is 18.4. The van der Waals surface area contributed by atoms with E-state index in [-0.39, 0.29) is 17.4 Å². The Morgan fingerprint density at radius 2 is 1.82 bits per heavy atom. The van der Waals surface area contributed by atoms with Crippen LogP contribution in [0.25, 0.3) is 16.9 Å². The lowest BCUT2D eigenvalue weighted by Gasteiger charge is -2.18. The minimum absolute atomic E-state index is 0.0737. The second kappa shape index (κ2) is 7.73. The van der Waals surface area contributed by atoms with Crippen molar-refractivity contribution in [3.63, 3.8) is 0 Å². The summed E-state index contributed by atoms with van der Waals surface area (Å²) in [7, 11) is 1.86. The molecule has 1 aliphatic heterocycles. The smallest absolute Gasteiger partial charge is 0.276 e. The summed E-state index contributed by atoms with van der Waals surface area (Å²) in [5.74, 6) is 0.496. The molecule has 0 radical (unpaired) electrons. The van der Waals surface area contributed by atoms with E-state index in [4.69, 9.17) is 4.98 Å². The third kappa shape index (κ3) is 3.53. The molecule has 3 aromatic heterocycles. The predicted octanol–water partition coefficient (Wildman–Crippen LogP) is 3.61. The second-order valence-electron chi connectivity index (χ2n) is 8.33. The van der Waals surface area contributed by atoms with E-state index in [1.807, 2.05) is 31.4 Å². The van der Waals surface area contributed by atoms with E-state index in [2.05, 4.69) is 32.5 Å². The molecule has 9 heteroatoms. The fourth-order valence-corrected chi connectivity index (χ4v) is 4.27. The van der Waals surface area contributed by atoms with Crippen molar-refractivity contribution in [2.45, 2.75) is 13.1 Å². The molecule has 34 heavy (non-hydrogen) atoms. The Hall–Kier alpha value is -4.66. The molecule has 0 saturated carbocycles. The SMILES string of the molecule is Cn1cc(-c2cc(N3Cc4ccccc4C3)nc3cc(C(=O)Nc4cccc(O)c4)nn23)cn1. The van der Waals surface area contributed by atoms with E-state index < -0.39 is 0 Å². The number of anilines is 2. The van der Waals surface area contributed by atoms with Crippen molar-refractivity contribution in [3.8, 4) is 17.0 Å². The zero-order chi connectivity index (χ0) is 23.2. The van der Waals surface area contributed by atoms with Crippen LogP contribution in [0.1, 0.15) is 21.6 Å². The number of aromatic hydroxyl groups is 1. The molecule has 2 N–H and O–H groups in total. The van der Waals surface area contributed by atoms with Crippen LogP contribution >= 0.6 is 0 Å². The van der Waals surface area contributed by atoms with Gasteiger partial charge in [-0.2, -0.15) is 10.2 Å². The third-order valence-corrected chi connectivity index (χ3v) is 5.92. The number of fused-ring (bicyclic) bond motifs is 2. The number of nitrogens with zero attached hydrogens (tertiary/aromatic N) is 6. The number of aryl methyl sites for hydroxylation is 1. The van der Waals surface area contributed by atoms with Gasteiger partial charge in [-0.25, -0.2) is 9.50 Å². The average Bonchev–Trinajstić information content (AvgIpc) is 3.56. The van der Waals surface area contributed by atoms with E-state index in [9.17, 15) is 9.90 Å². The molecule has 1 amide bonds. The highest BCUT2D eigenvalue weighted by Gasteiger charge is 2.23. The van der Waals surface area contributed by atoms with Gasteiger partial charge in [-0.1, -0.05) is 30.3 Å². The van der Waals surface area contributed by atoms with E-state index >= 15 is 0 Å². The van der Waals surface area contributed by atoms with Crippen LogP contribution in [0.3, 0.4) is 0 Å². The normalized spacial score (nSPS) is 12.8. The maximum absolute atomic E-state index is 12.9. The second-order valence-corrected chi connectivity index (χ2v) is 8.33.